The summed E-state index contributed by atoms with van der Waals surface area (Å²) in [7, 11) is -0.463. The summed E-state index contributed by atoms with van der Waals surface area (Å²) < 4.78 is 37.8. The molecule has 1 amide bonds. The first-order valence-electron chi connectivity index (χ1n) is 9.55. The van der Waals surface area contributed by atoms with Gasteiger partial charge >= 0.3 is 0 Å². The van der Waals surface area contributed by atoms with E-state index in [1.54, 1.807) is 44.6 Å². The molecular weight excluding hydrogens is 392 g/mol. The van der Waals surface area contributed by atoms with Gasteiger partial charge in [0.2, 0.25) is 10.0 Å². The van der Waals surface area contributed by atoms with Gasteiger partial charge in [0.25, 0.3) is 5.91 Å². The van der Waals surface area contributed by atoms with E-state index >= 15 is 0 Å². The molecule has 1 N–H and O–H groups in total. The number of ether oxygens (including phenoxy) is 2. The summed E-state index contributed by atoms with van der Waals surface area (Å²) in [4.78, 5) is 12.8. The third-order valence-electron chi connectivity index (χ3n) is 4.98. The molecule has 0 spiro atoms. The molecule has 0 bridgehead atoms. The van der Waals surface area contributed by atoms with Crippen LogP contribution in [0.2, 0.25) is 0 Å². The van der Waals surface area contributed by atoms with Gasteiger partial charge in [0.15, 0.2) is 0 Å². The highest BCUT2D eigenvalue weighted by Gasteiger charge is 2.26. The second-order valence-corrected chi connectivity index (χ2v) is 8.79. The Morgan fingerprint density at radius 2 is 1.79 bits per heavy atom. The standard InChI is InChI=1S/C21H26N2O5S/c1-27-18-9-10-20(28-2)17(13-18)15-22-21(24)16-7-6-8-19(14-16)29(25,26)23-11-4-3-5-12-23/h6-10,13-14H,3-5,11-12,15H2,1-2H3,(H,22,24). The van der Waals surface area contributed by atoms with Crippen LogP contribution in [0, 0.1) is 0 Å². The summed E-state index contributed by atoms with van der Waals surface area (Å²) >= 11 is 0. The van der Waals surface area contributed by atoms with Crippen molar-refractivity contribution < 1.29 is 22.7 Å². The number of methoxy groups -OCH3 is 2. The number of benzene rings is 2. The van der Waals surface area contributed by atoms with Gasteiger partial charge in [-0.2, -0.15) is 4.31 Å². The minimum absolute atomic E-state index is 0.144. The fourth-order valence-electron chi connectivity index (χ4n) is 3.35. The fourth-order valence-corrected chi connectivity index (χ4v) is 4.91. The quantitative estimate of drug-likeness (QED) is 0.747. The van der Waals surface area contributed by atoms with Crippen molar-refractivity contribution in [3.63, 3.8) is 0 Å². The number of rotatable bonds is 7. The summed E-state index contributed by atoms with van der Waals surface area (Å²) in [6.07, 6.45) is 2.77. The van der Waals surface area contributed by atoms with Gasteiger partial charge in [-0.1, -0.05) is 12.5 Å². The summed E-state index contributed by atoms with van der Waals surface area (Å²) in [5, 5.41) is 2.82. The number of amides is 1. The Bertz CT molecular complexity index is 969. The molecule has 1 heterocycles. The molecule has 3 rings (SSSR count). The number of carbonyl (C=O) groups excluding carboxylic acids is 1. The zero-order valence-corrected chi connectivity index (χ0v) is 17.5. The lowest BCUT2D eigenvalue weighted by Crippen LogP contribution is -2.35. The van der Waals surface area contributed by atoms with Crippen molar-refractivity contribution in [2.45, 2.75) is 30.7 Å². The van der Waals surface area contributed by atoms with Crippen LogP contribution in [0.15, 0.2) is 47.4 Å². The molecule has 2 aromatic rings. The first kappa shape index (κ1) is 21.1. The summed E-state index contributed by atoms with van der Waals surface area (Å²) in [5.41, 5.74) is 1.06. The maximum Gasteiger partial charge on any atom is 0.251 e. The Kier molecular flexibility index (Phi) is 6.76. The van der Waals surface area contributed by atoms with E-state index in [2.05, 4.69) is 5.32 Å². The lowest BCUT2D eigenvalue weighted by Gasteiger charge is -2.26. The molecule has 1 aliphatic rings. The molecule has 29 heavy (non-hydrogen) atoms. The monoisotopic (exact) mass is 418 g/mol. The van der Waals surface area contributed by atoms with Crippen molar-refractivity contribution in [1.82, 2.24) is 9.62 Å². The highest BCUT2D eigenvalue weighted by molar-refractivity contribution is 7.89. The Balaban J connectivity index is 1.75. The number of sulfonamides is 1. The molecule has 7 nitrogen and oxygen atoms in total. The smallest absolute Gasteiger partial charge is 0.251 e. The van der Waals surface area contributed by atoms with Crippen molar-refractivity contribution in [2.75, 3.05) is 27.3 Å². The molecule has 1 fully saturated rings. The normalized spacial score (nSPS) is 15.0. The van der Waals surface area contributed by atoms with E-state index in [1.807, 2.05) is 0 Å². The fraction of sp³-hybridized carbons (Fsp3) is 0.381. The van der Waals surface area contributed by atoms with E-state index < -0.39 is 10.0 Å². The van der Waals surface area contributed by atoms with Crippen LogP contribution in [-0.2, 0) is 16.6 Å². The highest BCUT2D eigenvalue weighted by atomic mass is 32.2. The first-order valence-corrected chi connectivity index (χ1v) is 11.0. The minimum atomic E-state index is -3.59. The molecule has 0 aromatic heterocycles. The average Bonchev–Trinajstić information content (AvgIpc) is 2.77. The maximum atomic E-state index is 12.9. The molecule has 0 radical (unpaired) electrons. The summed E-state index contributed by atoms with van der Waals surface area (Å²) in [6, 6.07) is 11.5. The lowest BCUT2D eigenvalue weighted by molar-refractivity contribution is 0.0950. The van der Waals surface area contributed by atoms with Crippen LogP contribution >= 0.6 is 0 Å². The topological polar surface area (TPSA) is 84.9 Å². The Morgan fingerprint density at radius 3 is 2.48 bits per heavy atom. The molecule has 2 aromatic carbocycles. The van der Waals surface area contributed by atoms with Crippen LogP contribution in [-0.4, -0.2) is 45.9 Å². The molecule has 0 saturated carbocycles. The summed E-state index contributed by atoms with van der Waals surface area (Å²) in [6.45, 7) is 1.27. The Hall–Kier alpha value is -2.58. The van der Waals surface area contributed by atoms with E-state index in [9.17, 15) is 13.2 Å². The second-order valence-electron chi connectivity index (χ2n) is 6.85. The minimum Gasteiger partial charge on any atom is -0.497 e. The van der Waals surface area contributed by atoms with E-state index in [1.165, 1.54) is 16.4 Å². The maximum absolute atomic E-state index is 12.9. The van der Waals surface area contributed by atoms with Gasteiger partial charge in [0.05, 0.1) is 19.1 Å². The van der Waals surface area contributed by atoms with Crippen molar-refractivity contribution in [3.05, 3.63) is 53.6 Å². The van der Waals surface area contributed by atoms with E-state index in [0.717, 1.165) is 24.8 Å². The van der Waals surface area contributed by atoms with Crippen LogP contribution < -0.4 is 14.8 Å². The van der Waals surface area contributed by atoms with Crippen molar-refractivity contribution >= 4 is 15.9 Å². The zero-order valence-electron chi connectivity index (χ0n) is 16.7. The zero-order chi connectivity index (χ0) is 20.9. The molecule has 0 atom stereocenters. The number of nitrogens with zero attached hydrogens (tertiary/aromatic N) is 1. The van der Waals surface area contributed by atoms with Crippen LogP contribution in [0.3, 0.4) is 0 Å². The molecule has 0 unspecified atom stereocenters. The number of nitrogens with one attached hydrogen (secondary N) is 1. The van der Waals surface area contributed by atoms with Gasteiger partial charge in [-0.25, -0.2) is 8.42 Å². The number of piperidine rings is 1. The van der Waals surface area contributed by atoms with E-state index in [4.69, 9.17) is 9.47 Å². The van der Waals surface area contributed by atoms with Crippen LogP contribution in [0.25, 0.3) is 0 Å². The molecule has 1 aliphatic heterocycles. The van der Waals surface area contributed by atoms with E-state index in [0.29, 0.717) is 30.2 Å². The van der Waals surface area contributed by atoms with Gasteiger partial charge in [0.1, 0.15) is 11.5 Å². The largest absolute Gasteiger partial charge is 0.497 e. The number of hydrogen-bond acceptors (Lipinski definition) is 5. The van der Waals surface area contributed by atoms with Gasteiger partial charge in [-0.3, -0.25) is 4.79 Å². The number of carbonyl (C=O) groups is 1. The SMILES string of the molecule is COc1ccc(OC)c(CNC(=O)c2cccc(S(=O)(=O)N3CCCCC3)c2)c1. The van der Waals surface area contributed by atoms with Crippen LogP contribution in [0.4, 0.5) is 0 Å². The van der Waals surface area contributed by atoms with Gasteiger partial charge in [-0.05, 0) is 49.2 Å². The molecular formula is C21H26N2O5S. The van der Waals surface area contributed by atoms with Crippen LogP contribution in [0.1, 0.15) is 35.2 Å². The lowest BCUT2D eigenvalue weighted by atomic mass is 10.1. The first-order chi connectivity index (χ1) is 14.0. The molecule has 1 saturated heterocycles. The predicted octanol–water partition coefficient (Wildman–Crippen LogP) is 2.81. The van der Waals surface area contributed by atoms with Gasteiger partial charge < -0.3 is 14.8 Å². The third kappa shape index (κ3) is 4.89. The Morgan fingerprint density at radius 1 is 1.03 bits per heavy atom. The average molecular weight is 419 g/mol. The number of hydrogen-bond donors (Lipinski definition) is 1. The Labute approximate surface area is 171 Å². The van der Waals surface area contributed by atoms with Crippen molar-refractivity contribution in [2.24, 2.45) is 0 Å². The summed E-state index contributed by atoms with van der Waals surface area (Å²) in [5.74, 6) is 0.933. The predicted molar refractivity (Wildman–Crippen MR) is 110 cm³/mol. The van der Waals surface area contributed by atoms with Gasteiger partial charge in [0, 0.05) is 30.8 Å². The molecule has 8 heteroatoms. The van der Waals surface area contributed by atoms with E-state index in [-0.39, 0.29) is 17.3 Å². The second kappa shape index (κ2) is 9.28. The molecule has 0 aliphatic carbocycles. The molecule has 156 valence electrons. The third-order valence-corrected chi connectivity index (χ3v) is 6.87. The van der Waals surface area contributed by atoms with Crippen molar-refractivity contribution in [1.29, 1.82) is 0 Å². The highest BCUT2D eigenvalue weighted by Crippen LogP contribution is 2.24. The van der Waals surface area contributed by atoms with Crippen molar-refractivity contribution in [3.8, 4) is 11.5 Å². The van der Waals surface area contributed by atoms with Crippen LogP contribution in [0.5, 0.6) is 11.5 Å². The van der Waals surface area contributed by atoms with Gasteiger partial charge in [-0.15, -0.1) is 0 Å².